The lowest BCUT2D eigenvalue weighted by atomic mass is 9.89. The number of nitrogens with zero attached hydrogens (tertiary/aromatic N) is 2. The van der Waals surface area contributed by atoms with Crippen LogP contribution < -0.4 is 16.0 Å². The first kappa shape index (κ1) is 23.5. The van der Waals surface area contributed by atoms with E-state index in [1.807, 2.05) is 12.1 Å². The lowest BCUT2D eigenvalue weighted by Gasteiger charge is -2.39. The topological polar surface area (TPSA) is 95.7 Å². The zero-order valence-corrected chi connectivity index (χ0v) is 19.1. The Labute approximate surface area is 190 Å². The second kappa shape index (κ2) is 9.57. The summed E-state index contributed by atoms with van der Waals surface area (Å²) in [5.41, 5.74) is 8.92. The van der Waals surface area contributed by atoms with Crippen LogP contribution in [0.25, 0.3) is 0 Å². The number of nitrogens with two attached hydrogens (primary N) is 1. The molecule has 4 rings (SSSR count). The van der Waals surface area contributed by atoms with Crippen LogP contribution in [0.15, 0.2) is 18.2 Å². The average molecular weight is 449 g/mol. The molecule has 2 heterocycles. The highest BCUT2D eigenvalue weighted by atomic mass is 35.5. The van der Waals surface area contributed by atoms with Gasteiger partial charge in [-0.1, -0.05) is 19.9 Å². The molecule has 1 saturated carbocycles. The smallest absolute Gasteiger partial charge is 0.255 e. The van der Waals surface area contributed by atoms with Crippen LogP contribution >= 0.6 is 12.4 Å². The van der Waals surface area contributed by atoms with Gasteiger partial charge in [0.2, 0.25) is 11.8 Å². The van der Waals surface area contributed by atoms with E-state index in [1.54, 1.807) is 4.90 Å². The Kier molecular flexibility index (Phi) is 7.27. The van der Waals surface area contributed by atoms with Gasteiger partial charge in [0, 0.05) is 48.4 Å². The van der Waals surface area contributed by atoms with Gasteiger partial charge in [0.05, 0.1) is 0 Å². The molecular weight excluding hydrogens is 416 g/mol. The number of fused-ring (bicyclic) bond motifs is 1. The Morgan fingerprint density at radius 1 is 1.13 bits per heavy atom. The summed E-state index contributed by atoms with van der Waals surface area (Å²) in [7, 11) is 0. The van der Waals surface area contributed by atoms with Gasteiger partial charge in [-0.3, -0.25) is 19.7 Å². The van der Waals surface area contributed by atoms with Crippen molar-refractivity contribution in [3.8, 4) is 0 Å². The fourth-order valence-corrected chi connectivity index (χ4v) is 5.09. The van der Waals surface area contributed by atoms with Crippen molar-refractivity contribution in [1.82, 2.24) is 10.2 Å². The molecular formula is C23H33ClN4O3. The third-order valence-corrected chi connectivity index (χ3v) is 6.61. The molecule has 1 unspecified atom stereocenters. The second-order valence-electron chi connectivity index (χ2n) is 9.32. The summed E-state index contributed by atoms with van der Waals surface area (Å²) < 4.78 is 0. The molecule has 3 aliphatic rings. The van der Waals surface area contributed by atoms with Crippen molar-refractivity contribution in [3.63, 3.8) is 0 Å². The van der Waals surface area contributed by atoms with Crippen molar-refractivity contribution in [1.29, 1.82) is 0 Å². The summed E-state index contributed by atoms with van der Waals surface area (Å²) in [5, 5.41) is 2.38. The van der Waals surface area contributed by atoms with Gasteiger partial charge in [-0.15, -0.1) is 12.4 Å². The number of nitrogens with one attached hydrogen (secondary N) is 1. The molecule has 1 aromatic carbocycles. The highest BCUT2D eigenvalue weighted by Crippen LogP contribution is 2.37. The minimum atomic E-state index is -0.582. The third-order valence-electron chi connectivity index (χ3n) is 6.61. The molecule has 0 radical (unpaired) electrons. The highest BCUT2D eigenvalue weighted by molar-refractivity contribution is 6.06. The number of amides is 3. The summed E-state index contributed by atoms with van der Waals surface area (Å²) in [6.07, 6.45) is 4.82. The maximum absolute atomic E-state index is 13.2. The minimum Gasteiger partial charge on any atom is -0.368 e. The Hall–Kier alpha value is -2.12. The first-order valence-electron chi connectivity index (χ1n) is 11.1. The Bertz CT molecular complexity index is 851. The number of rotatable bonds is 5. The Morgan fingerprint density at radius 2 is 1.84 bits per heavy atom. The molecule has 3 amide bonds. The van der Waals surface area contributed by atoms with Crippen LogP contribution in [0.3, 0.4) is 0 Å². The summed E-state index contributed by atoms with van der Waals surface area (Å²) in [6.45, 7) is 5.76. The number of imide groups is 1. The van der Waals surface area contributed by atoms with E-state index in [0.717, 1.165) is 43.5 Å². The summed E-state index contributed by atoms with van der Waals surface area (Å²) in [4.78, 5) is 41.2. The van der Waals surface area contributed by atoms with E-state index in [1.165, 1.54) is 0 Å². The largest absolute Gasteiger partial charge is 0.368 e. The molecule has 8 heteroatoms. The van der Waals surface area contributed by atoms with Crippen LogP contribution in [0.5, 0.6) is 0 Å². The molecule has 0 spiro atoms. The van der Waals surface area contributed by atoms with Crippen molar-refractivity contribution < 1.29 is 14.4 Å². The number of carbonyl (C=O) groups excluding carboxylic acids is 3. The first-order chi connectivity index (χ1) is 14.3. The maximum Gasteiger partial charge on any atom is 0.255 e. The van der Waals surface area contributed by atoms with E-state index in [2.05, 4.69) is 30.1 Å². The van der Waals surface area contributed by atoms with E-state index >= 15 is 0 Å². The van der Waals surface area contributed by atoms with E-state index in [-0.39, 0.29) is 42.6 Å². The van der Waals surface area contributed by atoms with Gasteiger partial charge < -0.3 is 15.5 Å². The van der Waals surface area contributed by atoms with Crippen LogP contribution in [0.2, 0.25) is 0 Å². The first-order valence-corrected chi connectivity index (χ1v) is 11.1. The van der Waals surface area contributed by atoms with Crippen molar-refractivity contribution in [3.05, 3.63) is 29.3 Å². The number of halogens is 1. The summed E-state index contributed by atoms with van der Waals surface area (Å²) in [6, 6.07) is 6.03. The molecule has 0 aromatic heterocycles. The van der Waals surface area contributed by atoms with Crippen molar-refractivity contribution in [2.75, 3.05) is 11.4 Å². The van der Waals surface area contributed by atoms with Gasteiger partial charge in [-0.2, -0.15) is 0 Å². The minimum absolute atomic E-state index is 0. The zero-order chi connectivity index (χ0) is 21.4. The fraction of sp³-hybridized carbons (Fsp3) is 0.609. The van der Waals surface area contributed by atoms with E-state index in [0.29, 0.717) is 30.5 Å². The Balaban J connectivity index is 0.00000272. The lowest BCUT2D eigenvalue weighted by molar-refractivity contribution is -0.136. The molecule has 1 atom stereocenters. The van der Waals surface area contributed by atoms with Gasteiger partial charge in [-0.25, -0.2) is 0 Å². The number of carbonyl (C=O) groups is 3. The van der Waals surface area contributed by atoms with Crippen LogP contribution in [-0.2, 0) is 16.1 Å². The van der Waals surface area contributed by atoms with Gasteiger partial charge in [0.25, 0.3) is 5.91 Å². The highest BCUT2D eigenvalue weighted by Gasteiger charge is 2.40. The zero-order valence-electron chi connectivity index (χ0n) is 18.3. The van der Waals surface area contributed by atoms with Crippen molar-refractivity contribution >= 4 is 35.8 Å². The predicted molar refractivity (Wildman–Crippen MR) is 122 cm³/mol. The van der Waals surface area contributed by atoms with Gasteiger partial charge in [-0.05, 0) is 50.2 Å². The van der Waals surface area contributed by atoms with Crippen molar-refractivity contribution in [2.24, 2.45) is 11.7 Å². The number of hydrogen-bond donors (Lipinski definition) is 2. The molecule has 2 aliphatic heterocycles. The van der Waals surface area contributed by atoms with Gasteiger partial charge >= 0.3 is 0 Å². The summed E-state index contributed by atoms with van der Waals surface area (Å²) >= 11 is 0. The SMILES string of the molecule is CC(C)CN(c1cccc2c1CN(C1CCC(=O)NC1=O)C2=O)C1CCC(N)CC1.Cl. The molecule has 170 valence electrons. The van der Waals surface area contributed by atoms with Gasteiger partial charge in [0.1, 0.15) is 6.04 Å². The molecule has 3 N–H and O–H groups in total. The molecule has 1 saturated heterocycles. The number of anilines is 1. The molecule has 2 fully saturated rings. The lowest BCUT2D eigenvalue weighted by Crippen LogP contribution is -2.52. The normalized spacial score (nSPS) is 25.9. The standard InChI is InChI=1S/C23H32N4O3.ClH/c1-14(2)12-26(16-8-6-15(24)7-9-16)19-5-3-4-17-18(19)13-27(23(17)30)20-10-11-21(28)25-22(20)29;/h3-5,14-16,20H,6-13,24H2,1-2H3,(H,25,28,29);1H. The molecule has 31 heavy (non-hydrogen) atoms. The maximum atomic E-state index is 13.2. The van der Waals surface area contributed by atoms with Crippen LogP contribution in [0.1, 0.15) is 68.3 Å². The second-order valence-corrected chi connectivity index (χ2v) is 9.32. The van der Waals surface area contributed by atoms with Crippen LogP contribution in [0.4, 0.5) is 5.69 Å². The number of piperidine rings is 1. The summed E-state index contributed by atoms with van der Waals surface area (Å²) in [5.74, 6) is -0.259. The third kappa shape index (κ3) is 4.72. The number of hydrogen-bond acceptors (Lipinski definition) is 5. The van der Waals surface area contributed by atoms with E-state index in [9.17, 15) is 14.4 Å². The fourth-order valence-electron chi connectivity index (χ4n) is 5.09. The monoisotopic (exact) mass is 448 g/mol. The van der Waals surface area contributed by atoms with Gasteiger partial charge in [0.15, 0.2) is 0 Å². The molecule has 1 aromatic rings. The predicted octanol–water partition coefficient (Wildman–Crippen LogP) is 2.60. The van der Waals surface area contributed by atoms with E-state index < -0.39 is 6.04 Å². The molecule has 0 bridgehead atoms. The Morgan fingerprint density at radius 3 is 2.48 bits per heavy atom. The van der Waals surface area contributed by atoms with Crippen molar-refractivity contribution in [2.45, 2.75) is 77.0 Å². The molecule has 1 aliphatic carbocycles. The quantitative estimate of drug-likeness (QED) is 0.675. The molecule has 7 nitrogen and oxygen atoms in total. The van der Waals surface area contributed by atoms with E-state index in [4.69, 9.17) is 5.73 Å². The van der Waals surface area contributed by atoms with Crippen LogP contribution in [-0.4, -0.2) is 47.3 Å². The van der Waals surface area contributed by atoms with Crippen LogP contribution in [0, 0.1) is 5.92 Å². The average Bonchev–Trinajstić information content (AvgIpc) is 3.04. The number of benzene rings is 1.